The van der Waals surface area contributed by atoms with Gasteiger partial charge in [0.1, 0.15) is 12.7 Å². The average molecular weight is 367 g/mol. The lowest BCUT2D eigenvalue weighted by Crippen LogP contribution is -2.12. The van der Waals surface area contributed by atoms with E-state index in [1.54, 1.807) is 22.3 Å². The smallest absolute Gasteiger partial charge is 0.257 e. The normalized spacial score (nSPS) is 16.3. The fraction of sp³-hybridized carbons (Fsp3) is 0.368. The van der Waals surface area contributed by atoms with Gasteiger partial charge in [0.15, 0.2) is 5.13 Å². The van der Waals surface area contributed by atoms with E-state index in [0.717, 1.165) is 30.0 Å². The summed E-state index contributed by atoms with van der Waals surface area (Å²) in [6, 6.07) is 7.55. The first-order valence-electron chi connectivity index (χ1n) is 8.92. The van der Waals surface area contributed by atoms with Crippen LogP contribution in [0.3, 0.4) is 0 Å². The third-order valence-electron chi connectivity index (χ3n) is 4.87. The van der Waals surface area contributed by atoms with Crippen LogP contribution in [0, 0.1) is 5.92 Å². The summed E-state index contributed by atoms with van der Waals surface area (Å²) in [5.74, 6) is 0.638. The summed E-state index contributed by atoms with van der Waals surface area (Å²) >= 11 is 1.62. The molecule has 6 nitrogen and oxygen atoms in total. The molecular weight excluding hydrogens is 346 g/mol. The lowest BCUT2D eigenvalue weighted by Gasteiger charge is -2.18. The van der Waals surface area contributed by atoms with Gasteiger partial charge >= 0.3 is 0 Å². The highest BCUT2D eigenvalue weighted by Gasteiger charge is 2.22. The van der Waals surface area contributed by atoms with E-state index >= 15 is 0 Å². The van der Waals surface area contributed by atoms with E-state index in [9.17, 15) is 4.79 Å². The molecule has 1 aliphatic rings. The highest BCUT2D eigenvalue weighted by Crippen LogP contribution is 2.33. The van der Waals surface area contributed by atoms with Crippen LogP contribution in [-0.4, -0.2) is 25.7 Å². The van der Waals surface area contributed by atoms with Crippen molar-refractivity contribution in [1.82, 2.24) is 19.7 Å². The molecule has 2 heterocycles. The van der Waals surface area contributed by atoms with Gasteiger partial charge in [-0.15, -0.1) is 11.3 Å². The number of carbonyl (C=O) groups excluding carboxylic acids is 1. The van der Waals surface area contributed by atoms with Crippen LogP contribution in [0.25, 0.3) is 0 Å². The Bertz CT molecular complexity index is 885. The Kier molecular flexibility index (Phi) is 4.79. The fourth-order valence-corrected chi connectivity index (χ4v) is 4.39. The number of rotatable bonds is 5. The Labute approximate surface area is 156 Å². The first-order valence-corrected chi connectivity index (χ1v) is 9.74. The summed E-state index contributed by atoms with van der Waals surface area (Å²) in [5.41, 5.74) is 2.87. The molecule has 1 atom stereocenters. The Morgan fingerprint density at radius 1 is 1.35 bits per heavy atom. The highest BCUT2D eigenvalue weighted by atomic mass is 32.1. The van der Waals surface area contributed by atoms with Gasteiger partial charge in [-0.3, -0.25) is 10.1 Å². The number of nitrogens with one attached hydrogen (secondary N) is 1. The highest BCUT2D eigenvalue weighted by molar-refractivity contribution is 7.15. The first-order chi connectivity index (χ1) is 12.7. The topological polar surface area (TPSA) is 72.7 Å². The van der Waals surface area contributed by atoms with Crippen LogP contribution in [0.1, 0.15) is 46.3 Å². The number of aryl methyl sites for hydroxylation is 1. The Morgan fingerprint density at radius 3 is 2.92 bits per heavy atom. The lowest BCUT2D eigenvalue weighted by molar-refractivity contribution is 0.102. The number of aromatic nitrogens is 4. The molecule has 0 saturated carbocycles. The summed E-state index contributed by atoms with van der Waals surface area (Å²) in [6.07, 6.45) is 7.72. The molecule has 0 saturated heterocycles. The number of fused-ring (bicyclic) bond motifs is 1. The zero-order valence-electron chi connectivity index (χ0n) is 14.7. The first kappa shape index (κ1) is 16.9. The molecule has 1 aliphatic carbocycles. The summed E-state index contributed by atoms with van der Waals surface area (Å²) in [7, 11) is 0. The van der Waals surface area contributed by atoms with E-state index in [-0.39, 0.29) is 5.91 Å². The van der Waals surface area contributed by atoms with Crippen molar-refractivity contribution >= 4 is 22.4 Å². The minimum Gasteiger partial charge on any atom is -0.298 e. The third kappa shape index (κ3) is 3.67. The summed E-state index contributed by atoms with van der Waals surface area (Å²) in [6.45, 7) is 2.88. The third-order valence-corrected chi connectivity index (χ3v) is 5.90. The van der Waals surface area contributed by atoms with Gasteiger partial charge in [-0.25, -0.2) is 14.6 Å². The standard InChI is InChI=1S/C19H21N5OS/c1-2-13-5-8-16-17(9-13)26-19(22-16)23-18(25)15-6-3-14(4-7-15)10-24-12-20-11-21-24/h3-4,6-7,11-13H,2,5,8-10H2,1H3,(H,22,23,25). The number of benzene rings is 1. The van der Waals surface area contributed by atoms with Gasteiger partial charge in [0, 0.05) is 10.4 Å². The molecule has 0 fully saturated rings. The maximum absolute atomic E-state index is 12.5. The summed E-state index contributed by atoms with van der Waals surface area (Å²) in [5, 5.41) is 7.75. The predicted molar refractivity (Wildman–Crippen MR) is 101 cm³/mol. The van der Waals surface area contributed by atoms with Crippen molar-refractivity contribution in [2.75, 3.05) is 5.32 Å². The molecule has 2 aromatic heterocycles. The molecule has 26 heavy (non-hydrogen) atoms. The minimum absolute atomic E-state index is 0.115. The number of thiazole rings is 1. The Morgan fingerprint density at radius 2 is 2.19 bits per heavy atom. The van der Waals surface area contributed by atoms with Gasteiger partial charge in [-0.2, -0.15) is 5.10 Å². The molecule has 1 unspecified atom stereocenters. The monoisotopic (exact) mass is 367 g/mol. The molecule has 1 N–H and O–H groups in total. The van der Waals surface area contributed by atoms with Crippen LogP contribution in [0.2, 0.25) is 0 Å². The van der Waals surface area contributed by atoms with Crippen LogP contribution in [0.4, 0.5) is 5.13 Å². The van der Waals surface area contributed by atoms with Crippen molar-refractivity contribution in [2.24, 2.45) is 5.92 Å². The molecule has 134 valence electrons. The minimum atomic E-state index is -0.115. The van der Waals surface area contributed by atoms with E-state index < -0.39 is 0 Å². The van der Waals surface area contributed by atoms with Crippen molar-refractivity contribution in [2.45, 2.75) is 39.2 Å². The number of carbonyl (C=O) groups is 1. The molecule has 1 amide bonds. The van der Waals surface area contributed by atoms with Crippen LogP contribution < -0.4 is 5.32 Å². The molecular formula is C19H21N5OS. The van der Waals surface area contributed by atoms with E-state index in [0.29, 0.717) is 17.2 Å². The maximum Gasteiger partial charge on any atom is 0.257 e. The molecule has 3 aromatic rings. The molecule has 0 spiro atoms. The van der Waals surface area contributed by atoms with Gasteiger partial charge in [0.05, 0.1) is 12.2 Å². The second kappa shape index (κ2) is 7.37. The van der Waals surface area contributed by atoms with Crippen LogP contribution in [0.5, 0.6) is 0 Å². The van der Waals surface area contributed by atoms with Gasteiger partial charge in [0.2, 0.25) is 0 Å². The summed E-state index contributed by atoms with van der Waals surface area (Å²) in [4.78, 5) is 22.4. The van der Waals surface area contributed by atoms with E-state index in [4.69, 9.17) is 0 Å². The number of hydrogen-bond donors (Lipinski definition) is 1. The van der Waals surface area contributed by atoms with E-state index in [2.05, 4.69) is 27.3 Å². The number of nitrogens with zero attached hydrogens (tertiary/aromatic N) is 4. The average Bonchev–Trinajstić information content (AvgIpc) is 3.30. The van der Waals surface area contributed by atoms with Gasteiger partial charge in [0.25, 0.3) is 5.91 Å². The molecule has 4 rings (SSSR count). The van der Waals surface area contributed by atoms with Crippen molar-refractivity contribution in [1.29, 1.82) is 0 Å². The molecule has 0 bridgehead atoms. The summed E-state index contributed by atoms with van der Waals surface area (Å²) < 4.78 is 1.75. The number of hydrogen-bond acceptors (Lipinski definition) is 5. The Balaban J connectivity index is 1.41. The van der Waals surface area contributed by atoms with Crippen LogP contribution in [-0.2, 0) is 19.4 Å². The zero-order valence-corrected chi connectivity index (χ0v) is 15.5. The predicted octanol–water partition coefficient (Wildman–Crippen LogP) is 3.55. The maximum atomic E-state index is 12.5. The lowest BCUT2D eigenvalue weighted by atomic mass is 9.89. The molecule has 1 aromatic carbocycles. The van der Waals surface area contributed by atoms with Crippen molar-refractivity contribution < 1.29 is 4.79 Å². The van der Waals surface area contributed by atoms with Crippen molar-refractivity contribution in [3.05, 3.63) is 58.6 Å². The second-order valence-corrected chi connectivity index (χ2v) is 7.73. The fourth-order valence-electron chi connectivity index (χ4n) is 3.28. The van der Waals surface area contributed by atoms with Gasteiger partial charge in [-0.1, -0.05) is 25.5 Å². The van der Waals surface area contributed by atoms with Gasteiger partial charge in [-0.05, 0) is 42.9 Å². The van der Waals surface area contributed by atoms with E-state index in [1.807, 2.05) is 24.3 Å². The van der Waals surface area contributed by atoms with Crippen molar-refractivity contribution in [3.8, 4) is 0 Å². The molecule has 0 radical (unpaired) electrons. The number of amides is 1. The SMILES string of the molecule is CCC1CCc2nc(NC(=O)c3ccc(Cn4cncn4)cc3)sc2C1. The van der Waals surface area contributed by atoms with Gasteiger partial charge < -0.3 is 0 Å². The number of anilines is 1. The quantitative estimate of drug-likeness (QED) is 0.748. The zero-order chi connectivity index (χ0) is 17.9. The second-order valence-electron chi connectivity index (χ2n) is 6.65. The van der Waals surface area contributed by atoms with Crippen LogP contribution >= 0.6 is 11.3 Å². The van der Waals surface area contributed by atoms with Crippen molar-refractivity contribution in [3.63, 3.8) is 0 Å². The molecule has 0 aliphatic heterocycles. The molecule has 7 heteroatoms. The largest absolute Gasteiger partial charge is 0.298 e. The Hall–Kier alpha value is -2.54. The van der Waals surface area contributed by atoms with E-state index in [1.165, 1.54) is 24.0 Å². The van der Waals surface area contributed by atoms with Crippen LogP contribution in [0.15, 0.2) is 36.9 Å².